The van der Waals surface area contributed by atoms with Crippen molar-refractivity contribution in [2.24, 2.45) is 0 Å². The molecular formula is C14H18N2O6S. The van der Waals surface area contributed by atoms with E-state index in [1.165, 1.54) is 15.5 Å². The Labute approximate surface area is 133 Å². The Balaban J connectivity index is 1.86. The van der Waals surface area contributed by atoms with Gasteiger partial charge in [0.2, 0.25) is 0 Å². The van der Waals surface area contributed by atoms with Crippen molar-refractivity contribution >= 4 is 22.5 Å². The summed E-state index contributed by atoms with van der Waals surface area (Å²) >= 11 is 0. The third-order valence-corrected chi connectivity index (χ3v) is 6.78. The van der Waals surface area contributed by atoms with Crippen LogP contribution in [0.5, 0.6) is 0 Å². The molecule has 1 saturated heterocycles. The van der Waals surface area contributed by atoms with Gasteiger partial charge in [0, 0.05) is 25.4 Å². The number of carbonyl (C=O) groups excluding carboxylic acids is 1. The lowest BCUT2D eigenvalue weighted by atomic mass is 10.1. The minimum atomic E-state index is -2.65. The highest BCUT2D eigenvalue weighted by Crippen LogP contribution is 2.52. The number of fused-ring (bicyclic) bond motifs is 1. The highest BCUT2D eigenvalue weighted by molar-refractivity contribution is 8.25. The van der Waals surface area contributed by atoms with Gasteiger partial charge in [-0.1, -0.05) is 0 Å². The molecule has 2 aliphatic heterocycles. The maximum absolute atomic E-state index is 12.5. The molecule has 8 nitrogen and oxygen atoms in total. The van der Waals surface area contributed by atoms with Crippen LogP contribution in [0.4, 0.5) is 0 Å². The van der Waals surface area contributed by atoms with Crippen LogP contribution in [0.15, 0.2) is 16.9 Å². The predicted octanol–water partition coefficient (Wildman–Crippen LogP) is 0.915. The number of pyridine rings is 1. The van der Waals surface area contributed by atoms with Crippen LogP contribution < -0.4 is 5.56 Å². The molecule has 0 aliphatic carbocycles. The summed E-state index contributed by atoms with van der Waals surface area (Å²) in [6, 6.07) is 2.48. The number of aromatic carboxylic acids is 1. The molecule has 0 radical (unpaired) electrons. The number of carboxylic acid groups (broad SMARTS) is 1. The maximum atomic E-state index is 12.5. The standard InChI is InChI=1S/C14H18N2O6S/c17-12-10(14(19)20)3-4-11-13(18)15(5-6-16(11)12)8-9-2-1-7-23(9,21)22/h3-4,9,21-22H,1-2,5-8H2,(H,19,20). The van der Waals surface area contributed by atoms with Crippen LogP contribution in [-0.4, -0.2) is 59.6 Å². The van der Waals surface area contributed by atoms with E-state index in [9.17, 15) is 23.5 Å². The normalized spacial score (nSPS) is 24.3. The van der Waals surface area contributed by atoms with Crippen molar-refractivity contribution in [3.8, 4) is 0 Å². The van der Waals surface area contributed by atoms with E-state index in [2.05, 4.69) is 0 Å². The van der Waals surface area contributed by atoms with Crippen LogP contribution in [0.25, 0.3) is 0 Å². The van der Waals surface area contributed by atoms with Crippen molar-refractivity contribution in [1.82, 2.24) is 9.47 Å². The number of aromatic nitrogens is 1. The van der Waals surface area contributed by atoms with Gasteiger partial charge < -0.3 is 14.6 Å². The predicted molar refractivity (Wildman–Crippen MR) is 84.3 cm³/mol. The smallest absolute Gasteiger partial charge is 0.341 e. The first-order valence-electron chi connectivity index (χ1n) is 7.32. The van der Waals surface area contributed by atoms with E-state index in [-0.39, 0.29) is 42.0 Å². The van der Waals surface area contributed by atoms with Crippen molar-refractivity contribution in [3.63, 3.8) is 0 Å². The van der Waals surface area contributed by atoms with Gasteiger partial charge in [-0.05, 0) is 25.0 Å². The van der Waals surface area contributed by atoms with Gasteiger partial charge in [0.05, 0.1) is 5.25 Å². The van der Waals surface area contributed by atoms with E-state index in [1.807, 2.05) is 0 Å². The third-order valence-electron chi connectivity index (χ3n) is 4.43. The van der Waals surface area contributed by atoms with Gasteiger partial charge in [0.15, 0.2) is 0 Å². The SMILES string of the molecule is O=C(O)c1ccc2n(c1=O)CCN(CC1CCCS1(O)O)C2=O. The van der Waals surface area contributed by atoms with Crippen LogP contribution in [0, 0.1) is 0 Å². The van der Waals surface area contributed by atoms with Gasteiger partial charge in [-0.3, -0.25) is 18.7 Å². The summed E-state index contributed by atoms with van der Waals surface area (Å²) in [5, 5.41) is 8.64. The molecule has 2 aliphatic rings. The van der Waals surface area contributed by atoms with Gasteiger partial charge in [-0.25, -0.2) is 4.79 Å². The lowest BCUT2D eigenvalue weighted by molar-refractivity contribution is 0.0672. The average molecular weight is 342 g/mol. The summed E-state index contributed by atoms with van der Waals surface area (Å²) in [5.74, 6) is -1.33. The Morgan fingerprint density at radius 1 is 1.26 bits per heavy atom. The zero-order valence-electron chi connectivity index (χ0n) is 12.3. The van der Waals surface area contributed by atoms with E-state index in [4.69, 9.17) is 5.11 Å². The topological polar surface area (TPSA) is 120 Å². The molecule has 1 atom stereocenters. The second-order valence-electron chi connectivity index (χ2n) is 5.83. The maximum Gasteiger partial charge on any atom is 0.341 e. The summed E-state index contributed by atoms with van der Waals surface area (Å²) in [4.78, 5) is 37.1. The lowest BCUT2D eigenvalue weighted by Crippen LogP contribution is -2.47. The molecule has 0 bridgehead atoms. The number of hydrogen-bond acceptors (Lipinski definition) is 5. The molecular weight excluding hydrogens is 324 g/mol. The monoisotopic (exact) mass is 342 g/mol. The second-order valence-corrected chi connectivity index (χ2v) is 8.34. The highest BCUT2D eigenvalue weighted by atomic mass is 32.3. The van der Waals surface area contributed by atoms with Crippen molar-refractivity contribution in [1.29, 1.82) is 0 Å². The second kappa shape index (κ2) is 5.66. The number of hydrogen-bond donors (Lipinski definition) is 3. The fourth-order valence-electron chi connectivity index (χ4n) is 3.14. The summed E-state index contributed by atoms with van der Waals surface area (Å²) in [6.07, 6.45) is 1.39. The van der Waals surface area contributed by atoms with E-state index in [0.29, 0.717) is 12.2 Å². The summed E-state index contributed by atoms with van der Waals surface area (Å²) in [5.41, 5.74) is -0.908. The molecule has 126 valence electrons. The van der Waals surface area contributed by atoms with E-state index in [0.717, 1.165) is 12.5 Å². The average Bonchev–Trinajstić information content (AvgIpc) is 2.81. The van der Waals surface area contributed by atoms with Gasteiger partial charge in [0.1, 0.15) is 11.3 Å². The molecule has 3 N–H and O–H groups in total. The zero-order chi connectivity index (χ0) is 16.8. The Kier molecular flexibility index (Phi) is 3.95. The van der Waals surface area contributed by atoms with Crippen LogP contribution in [0.3, 0.4) is 0 Å². The van der Waals surface area contributed by atoms with Gasteiger partial charge in [0.25, 0.3) is 11.5 Å². The molecule has 3 heterocycles. The molecule has 1 aromatic rings. The zero-order valence-corrected chi connectivity index (χ0v) is 13.2. The van der Waals surface area contributed by atoms with Crippen molar-refractivity contribution in [3.05, 3.63) is 33.7 Å². The minimum absolute atomic E-state index is 0.140. The number of rotatable bonds is 3. The van der Waals surface area contributed by atoms with Crippen LogP contribution in [-0.2, 0) is 6.54 Å². The number of nitrogens with zero attached hydrogens (tertiary/aromatic N) is 2. The van der Waals surface area contributed by atoms with Crippen LogP contribution in [0.2, 0.25) is 0 Å². The third kappa shape index (κ3) is 2.75. The molecule has 23 heavy (non-hydrogen) atoms. The summed E-state index contributed by atoms with van der Waals surface area (Å²) < 4.78 is 21.2. The van der Waals surface area contributed by atoms with Gasteiger partial charge >= 0.3 is 5.97 Å². The first-order chi connectivity index (χ1) is 10.8. The molecule has 1 unspecified atom stereocenters. The molecule has 0 aromatic carbocycles. The first-order valence-corrected chi connectivity index (χ1v) is 9.10. The molecule has 0 saturated carbocycles. The van der Waals surface area contributed by atoms with E-state index in [1.54, 1.807) is 0 Å². The molecule has 1 fully saturated rings. The van der Waals surface area contributed by atoms with E-state index < -0.39 is 22.1 Å². The quantitative estimate of drug-likeness (QED) is 0.751. The molecule has 9 heteroatoms. The van der Waals surface area contributed by atoms with Crippen LogP contribution in [0.1, 0.15) is 33.7 Å². The Hall–Kier alpha value is -1.84. The number of carbonyl (C=O) groups is 2. The first kappa shape index (κ1) is 16.0. The summed E-state index contributed by atoms with van der Waals surface area (Å²) in [6.45, 7) is 0.698. The minimum Gasteiger partial charge on any atom is -0.477 e. The van der Waals surface area contributed by atoms with Gasteiger partial charge in [-0.2, -0.15) is 10.6 Å². The fourth-order valence-corrected chi connectivity index (χ4v) is 5.03. The largest absolute Gasteiger partial charge is 0.477 e. The van der Waals surface area contributed by atoms with Crippen LogP contribution >= 0.6 is 10.6 Å². The Morgan fingerprint density at radius 3 is 2.61 bits per heavy atom. The van der Waals surface area contributed by atoms with Gasteiger partial charge in [-0.15, -0.1) is 0 Å². The molecule has 1 amide bonds. The van der Waals surface area contributed by atoms with Crippen molar-refractivity contribution in [2.45, 2.75) is 24.6 Å². The molecule has 1 aromatic heterocycles. The van der Waals surface area contributed by atoms with E-state index >= 15 is 0 Å². The lowest BCUT2D eigenvalue weighted by Gasteiger charge is -2.38. The van der Waals surface area contributed by atoms with Crippen molar-refractivity contribution in [2.75, 3.05) is 18.8 Å². The summed E-state index contributed by atoms with van der Waals surface area (Å²) in [7, 11) is -2.65. The van der Waals surface area contributed by atoms with Crippen molar-refractivity contribution < 1.29 is 23.8 Å². The fraction of sp³-hybridized carbons (Fsp3) is 0.500. The Morgan fingerprint density at radius 2 is 2.00 bits per heavy atom. The number of amides is 1. The molecule has 0 spiro atoms. The molecule has 3 rings (SSSR count). The number of carboxylic acids is 1. The highest BCUT2D eigenvalue weighted by Gasteiger charge is 2.36. The Bertz CT molecular complexity index is 728.